The summed E-state index contributed by atoms with van der Waals surface area (Å²) in [5.74, 6) is 3.89. The van der Waals surface area contributed by atoms with Crippen LogP contribution in [0, 0.1) is 17.8 Å². The molecule has 0 aliphatic heterocycles. The topological polar surface area (TPSA) is 9.23 Å². The van der Waals surface area contributed by atoms with Crippen LogP contribution in [0.25, 0.3) is 5.57 Å². The van der Waals surface area contributed by atoms with Gasteiger partial charge in [0.05, 0.1) is 0 Å². The summed E-state index contributed by atoms with van der Waals surface area (Å²) < 4.78 is 5.95. The average Bonchev–Trinajstić information content (AvgIpc) is 2.84. The molecule has 2 aliphatic carbocycles. The number of allylic oxidation sites excluding steroid dienone is 2. The first-order chi connectivity index (χ1) is 15.3. The molecule has 1 atom stereocenters. The Balaban J connectivity index is 1.23. The fraction of sp³-hybridized carbons (Fsp3) is 0.533. The van der Waals surface area contributed by atoms with Crippen LogP contribution in [0.1, 0.15) is 88.7 Å². The van der Waals surface area contributed by atoms with Gasteiger partial charge in [0, 0.05) is 0 Å². The normalized spacial score (nSPS) is 23.9. The molecule has 1 unspecified atom stereocenters. The Morgan fingerprint density at radius 2 is 1.58 bits per heavy atom. The summed E-state index contributed by atoms with van der Waals surface area (Å²) in [4.78, 5) is 0. The molecule has 0 bridgehead atoms. The molecule has 1 saturated carbocycles. The van der Waals surface area contributed by atoms with Crippen LogP contribution in [0.15, 0.2) is 60.7 Å². The highest BCUT2D eigenvalue weighted by atomic mass is 16.5. The van der Waals surface area contributed by atoms with E-state index in [0.717, 1.165) is 23.5 Å². The van der Waals surface area contributed by atoms with Crippen molar-refractivity contribution in [3.8, 4) is 5.75 Å². The molecule has 0 spiro atoms. The minimum atomic E-state index is 0.630. The Hall–Kier alpha value is -2.02. The molecule has 0 heterocycles. The van der Waals surface area contributed by atoms with Crippen molar-refractivity contribution in [3.63, 3.8) is 0 Å². The van der Waals surface area contributed by atoms with E-state index < -0.39 is 0 Å². The number of ether oxygens (including phenoxy) is 1. The lowest BCUT2D eigenvalue weighted by molar-refractivity contribution is 0.187. The van der Waals surface area contributed by atoms with Crippen molar-refractivity contribution in [3.05, 3.63) is 71.8 Å². The van der Waals surface area contributed by atoms with Gasteiger partial charge in [-0.3, -0.25) is 0 Å². The van der Waals surface area contributed by atoms with Crippen molar-refractivity contribution < 1.29 is 4.74 Å². The van der Waals surface area contributed by atoms with Crippen molar-refractivity contribution in [2.24, 2.45) is 17.8 Å². The molecule has 0 radical (unpaired) electrons. The van der Waals surface area contributed by atoms with E-state index in [1.54, 1.807) is 5.57 Å². The second-order valence-electron chi connectivity index (χ2n) is 9.84. The van der Waals surface area contributed by atoms with E-state index in [9.17, 15) is 0 Å². The Morgan fingerprint density at radius 3 is 2.26 bits per heavy atom. The van der Waals surface area contributed by atoms with Gasteiger partial charge in [0.1, 0.15) is 12.4 Å². The molecule has 166 valence electrons. The van der Waals surface area contributed by atoms with Gasteiger partial charge >= 0.3 is 0 Å². The van der Waals surface area contributed by atoms with E-state index >= 15 is 0 Å². The molecular weight excluding hydrogens is 376 g/mol. The smallest absolute Gasteiger partial charge is 0.119 e. The lowest BCUT2D eigenvalue weighted by Crippen LogP contribution is -2.23. The van der Waals surface area contributed by atoms with E-state index in [0.29, 0.717) is 6.61 Å². The molecule has 2 aromatic rings. The van der Waals surface area contributed by atoms with Crippen LogP contribution >= 0.6 is 0 Å². The highest BCUT2D eigenvalue weighted by Crippen LogP contribution is 2.42. The molecule has 1 heteroatoms. The van der Waals surface area contributed by atoms with Gasteiger partial charge in [-0.2, -0.15) is 0 Å². The lowest BCUT2D eigenvalue weighted by Gasteiger charge is -2.35. The molecule has 31 heavy (non-hydrogen) atoms. The summed E-state index contributed by atoms with van der Waals surface area (Å²) in [7, 11) is 0. The van der Waals surface area contributed by atoms with E-state index in [1.165, 1.54) is 81.8 Å². The Morgan fingerprint density at radius 1 is 0.806 bits per heavy atom. The van der Waals surface area contributed by atoms with Crippen molar-refractivity contribution in [1.29, 1.82) is 0 Å². The molecule has 0 amide bonds. The third kappa shape index (κ3) is 6.48. The van der Waals surface area contributed by atoms with Gasteiger partial charge in [-0.15, -0.1) is 0 Å². The van der Waals surface area contributed by atoms with Gasteiger partial charge in [-0.05, 0) is 78.7 Å². The second kappa shape index (κ2) is 11.6. The molecule has 0 N–H and O–H groups in total. The first-order valence-corrected chi connectivity index (χ1v) is 12.8. The molecule has 2 aromatic carbocycles. The maximum absolute atomic E-state index is 5.95. The maximum atomic E-state index is 5.95. The zero-order valence-electron chi connectivity index (χ0n) is 19.4. The Labute approximate surface area is 189 Å². The van der Waals surface area contributed by atoms with Crippen LogP contribution in [0.4, 0.5) is 0 Å². The number of rotatable bonds is 9. The molecule has 0 aromatic heterocycles. The molecule has 2 aliphatic rings. The van der Waals surface area contributed by atoms with Crippen LogP contribution in [-0.4, -0.2) is 0 Å². The van der Waals surface area contributed by atoms with Crippen molar-refractivity contribution >= 4 is 5.57 Å². The largest absolute Gasteiger partial charge is 0.489 e. The van der Waals surface area contributed by atoms with E-state index in [1.807, 2.05) is 6.07 Å². The van der Waals surface area contributed by atoms with E-state index in [-0.39, 0.29) is 0 Å². The maximum Gasteiger partial charge on any atom is 0.119 e. The predicted octanol–water partition coefficient (Wildman–Crippen LogP) is 8.84. The minimum absolute atomic E-state index is 0.630. The van der Waals surface area contributed by atoms with Crippen LogP contribution in [0.5, 0.6) is 5.75 Å². The summed E-state index contributed by atoms with van der Waals surface area (Å²) >= 11 is 0. The Kier molecular flexibility index (Phi) is 8.27. The fourth-order valence-corrected chi connectivity index (χ4v) is 5.68. The van der Waals surface area contributed by atoms with Crippen LogP contribution in [0.3, 0.4) is 0 Å². The predicted molar refractivity (Wildman–Crippen MR) is 132 cm³/mol. The summed E-state index contributed by atoms with van der Waals surface area (Å²) in [6, 6.07) is 19.1. The fourth-order valence-electron chi connectivity index (χ4n) is 5.68. The number of hydrogen-bond acceptors (Lipinski definition) is 1. The van der Waals surface area contributed by atoms with Crippen LogP contribution < -0.4 is 4.74 Å². The van der Waals surface area contributed by atoms with Gasteiger partial charge < -0.3 is 4.74 Å². The Bertz CT molecular complexity index is 796. The molecular formula is C30H40O. The van der Waals surface area contributed by atoms with Crippen molar-refractivity contribution in [1.82, 2.24) is 0 Å². The monoisotopic (exact) mass is 416 g/mol. The van der Waals surface area contributed by atoms with Gasteiger partial charge in [0.15, 0.2) is 0 Å². The van der Waals surface area contributed by atoms with Crippen molar-refractivity contribution in [2.45, 2.75) is 84.2 Å². The molecule has 4 rings (SSSR count). The summed E-state index contributed by atoms with van der Waals surface area (Å²) in [5, 5.41) is 0. The summed E-state index contributed by atoms with van der Waals surface area (Å²) in [6.45, 7) is 2.95. The molecule has 0 saturated heterocycles. The zero-order valence-corrected chi connectivity index (χ0v) is 19.4. The third-order valence-corrected chi connectivity index (χ3v) is 7.70. The highest BCUT2D eigenvalue weighted by Gasteiger charge is 2.28. The first-order valence-electron chi connectivity index (χ1n) is 12.8. The average molecular weight is 417 g/mol. The van der Waals surface area contributed by atoms with Crippen LogP contribution in [0.2, 0.25) is 0 Å². The second-order valence-corrected chi connectivity index (χ2v) is 9.84. The standard InChI is InChI=1S/C30H40O/c1-2-3-5-8-24-11-13-26(14-12-24)27-15-17-28(18-16-27)29-19-21-30(22-20-29)31-23-25-9-6-4-7-10-25/h4,6-7,9-10,17,19-22,24,26-27H,2-3,5,8,11-16,18,23H2,1H3. The minimum Gasteiger partial charge on any atom is -0.489 e. The van der Waals surface area contributed by atoms with E-state index in [4.69, 9.17) is 4.74 Å². The van der Waals surface area contributed by atoms with Gasteiger partial charge in [-0.25, -0.2) is 0 Å². The van der Waals surface area contributed by atoms with Crippen LogP contribution in [-0.2, 0) is 6.61 Å². The lowest BCUT2D eigenvalue weighted by atomic mass is 9.70. The first kappa shape index (κ1) is 22.2. The quantitative estimate of drug-likeness (QED) is 0.371. The number of benzene rings is 2. The molecule has 1 nitrogen and oxygen atoms in total. The van der Waals surface area contributed by atoms with Gasteiger partial charge in [0.25, 0.3) is 0 Å². The van der Waals surface area contributed by atoms with E-state index in [2.05, 4.69) is 61.5 Å². The summed E-state index contributed by atoms with van der Waals surface area (Å²) in [5.41, 5.74) is 4.13. The zero-order chi connectivity index (χ0) is 21.3. The van der Waals surface area contributed by atoms with Gasteiger partial charge in [-0.1, -0.05) is 94.0 Å². The third-order valence-electron chi connectivity index (χ3n) is 7.70. The molecule has 1 fully saturated rings. The number of unbranched alkanes of at least 4 members (excludes halogenated alkanes) is 2. The van der Waals surface area contributed by atoms with Crippen molar-refractivity contribution in [2.75, 3.05) is 0 Å². The summed E-state index contributed by atoms with van der Waals surface area (Å²) in [6.07, 6.45) is 18.1. The number of hydrogen-bond donors (Lipinski definition) is 0. The van der Waals surface area contributed by atoms with Gasteiger partial charge in [0.2, 0.25) is 0 Å². The SMILES string of the molecule is CCCCCC1CCC(C2CC=C(c3ccc(OCc4ccccc4)cc3)CC2)CC1. The highest BCUT2D eigenvalue weighted by molar-refractivity contribution is 5.66.